The Balaban J connectivity index is 2.13. The van der Waals surface area contributed by atoms with Crippen LogP contribution in [0.15, 0.2) is 0 Å². The van der Waals surface area contributed by atoms with E-state index in [1.54, 1.807) is 0 Å². The highest BCUT2D eigenvalue weighted by Gasteiger charge is 2.13. The van der Waals surface area contributed by atoms with Gasteiger partial charge in [0.2, 0.25) is 0 Å². The predicted molar refractivity (Wildman–Crippen MR) is 47.1 cm³/mol. The molecule has 1 aliphatic carbocycles. The van der Waals surface area contributed by atoms with Gasteiger partial charge >= 0.3 is 0 Å². The fourth-order valence-electron chi connectivity index (χ4n) is 1.60. The minimum Gasteiger partial charge on any atom is -0.302 e. The van der Waals surface area contributed by atoms with E-state index in [1.807, 2.05) is 6.92 Å². The summed E-state index contributed by atoms with van der Waals surface area (Å²) >= 11 is 5.05. The van der Waals surface area contributed by atoms with Crippen LogP contribution >= 0.6 is 12.6 Å². The van der Waals surface area contributed by atoms with Crippen LogP contribution in [0.4, 0.5) is 0 Å². The van der Waals surface area contributed by atoms with Gasteiger partial charge in [0.1, 0.15) is 0 Å². The van der Waals surface area contributed by atoms with E-state index in [-0.39, 0.29) is 5.37 Å². The first-order chi connectivity index (χ1) is 4.79. The average Bonchev–Trinajstić information content (AvgIpc) is 1.88. The zero-order valence-corrected chi connectivity index (χ0v) is 7.41. The third kappa shape index (κ3) is 2.93. The van der Waals surface area contributed by atoms with Crippen molar-refractivity contribution in [3.8, 4) is 0 Å². The Morgan fingerprint density at radius 1 is 1.30 bits per heavy atom. The van der Waals surface area contributed by atoms with Crippen LogP contribution in [0, 0.1) is 0 Å². The summed E-state index contributed by atoms with van der Waals surface area (Å²) in [5.41, 5.74) is 0. The Morgan fingerprint density at radius 2 is 1.90 bits per heavy atom. The molecule has 1 atom stereocenters. The Kier molecular flexibility index (Phi) is 3.57. The zero-order chi connectivity index (χ0) is 7.40. The summed E-state index contributed by atoms with van der Waals surface area (Å²) in [6, 6.07) is 0.723. The first-order valence-corrected chi connectivity index (χ1v) is 4.68. The maximum absolute atomic E-state index is 5.05. The lowest BCUT2D eigenvalue weighted by molar-refractivity contribution is 0.373. The Bertz CT molecular complexity index is 87.3. The maximum atomic E-state index is 5.05. The van der Waals surface area contributed by atoms with Crippen molar-refractivity contribution in [2.75, 3.05) is 0 Å². The van der Waals surface area contributed by atoms with Gasteiger partial charge in [-0.25, -0.2) is 0 Å². The van der Waals surface area contributed by atoms with Gasteiger partial charge < -0.3 is 5.32 Å². The highest BCUT2D eigenvalue weighted by molar-refractivity contribution is 7.80. The fourth-order valence-corrected chi connectivity index (χ4v) is 1.79. The van der Waals surface area contributed by atoms with Gasteiger partial charge in [0.05, 0.1) is 5.37 Å². The van der Waals surface area contributed by atoms with Crippen LogP contribution in [-0.2, 0) is 0 Å². The predicted octanol–water partition coefficient (Wildman–Crippen LogP) is 2.45. The molecule has 0 aromatic carbocycles. The van der Waals surface area contributed by atoms with Crippen LogP contribution in [-0.4, -0.2) is 11.4 Å². The summed E-state index contributed by atoms with van der Waals surface area (Å²) in [7, 11) is 0. The van der Waals surface area contributed by atoms with Gasteiger partial charge in [-0.2, -0.15) is 0 Å². The molecule has 59 valence electrons. The van der Waals surface area contributed by atoms with Crippen LogP contribution in [0.5, 0.6) is 0 Å². The monoisotopic (exact) mass is 158 g/mol. The van der Waals surface area contributed by atoms with E-state index in [0.717, 1.165) is 6.04 Å². The average molecular weight is 158 g/mol. The number of rotatable bonds is 2. The lowest BCUT2D eigenvalue weighted by Gasteiger charge is -2.24. The van der Waals surface area contributed by atoms with E-state index in [4.69, 9.17) is 12.6 Å². The first kappa shape index (κ1) is 8.41. The summed E-state index contributed by atoms with van der Waals surface area (Å²) in [6.45, 7) is 2.05. The lowest BCUT2D eigenvalue weighted by atomic mass is 9.96. The quantitative estimate of drug-likeness (QED) is 0.651. The van der Waals surface area contributed by atoms with E-state index in [2.05, 4.69) is 5.32 Å². The second-order valence-electron chi connectivity index (χ2n) is 3.14. The SMILES string of the molecule is CC([S])NC1CCCCC1. The molecule has 0 aromatic heterocycles. The molecule has 1 aliphatic rings. The highest BCUT2D eigenvalue weighted by atomic mass is 32.1. The third-order valence-corrected chi connectivity index (χ3v) is 2.21. The summed E-state index contributed by atoms with van der Waals surface area (Å²) in [5.74, 6) is 0. The molecule has 1 unspecified atom stereocenters. The van der Waals surface area contributed by atoms with E-state index >= 15 is 0 Å². The normalized spacial score (nSPS) is 24.6. The fraction of sp³-hybridized carbons (Fsp3) is 1.00. The first-order valence-electron chi connectivity index (χ1n) is 4.21. The molecule has 1 rings (SSSR count). The van der Waals surface area contributed by atoms with Crippen molar-refractivity contribution in [2.24, 2.45) is 0 Å². The minimum atomic E-state index is 0.253. The van der Waals surface area contributed by atoms with Crippen molar-refractivity contribution in [3.05, 3.63) is 0 Å². The standard InChI is InChI=1S/C8H16NS/c1-7(10)9-8-5-3-2-4-6-8/h7-9H,2-6H2,1H3. The number of nitrogens with one attached hydrogen (secondary N) is 1. The summed E-state index contributed by atoms with van der Waals surface area (Å²) < 4.78 is 0. The van der Waals surface area contributed by atoms with Crippen LogP contribution < -0.4 is 5.32 Å². The summed E-state index contributed by atoms with van der Waals surface area (Å²) in [6.07, 6.45) is 6.87. The van der Waals surface area contributed by atoms with Crippen molar-refractivity contribution >= 4 is 12.6 Å². The molecule has 0 bridgehead atoms. The smallest absolute Gasteiger partial charge is 0.0610 e. The molecule has 1 nitrogen and oxygen atoms in total. The molecule has 1 fully saturated rings. The van der Waals surface area contributed by atoms with E-state index in [0.29, 0.717) is 0 Å². The van der Waals surface area contributed by atoms with Crippen LogP contribution in [0.1, 0.15) is 39.0 Å². The Hall–Kier alpha value is 0.310. The van der Waals surface area contributed by atoms with Crippen LogP contribution in [0.25, 0.3) is 0 Å². The van der Waals surface area contributed by atoms with Crippen molar-refractivity contribution in [2.45, 2.75) is 50.4 Å². The van der Waals surface area contributed by atoms with E-state index in [9.17, 15) is 0 Å². The van der Waals surface area contributed by atoms with Crippen molar-refractivity contribution < 1.29 is 0 Å². The lowest BCUT2D eigenvalue weighted by Crippen LogP contribution is -2.34. The summed E-state index contributed by atoms with van der Waals surface area (Å²) in [5, 5.41) is 3.65. The number of hydrogen-bond donors (Lipinski definition) is 1. The zero-order valence-electron chi connectivity index (χ0n) is 6.60. The van der Waals surface area contributed by atoms with Crippen LogP contribution in [0.2, 0.25) is 0 Å². The molecule has 1 N–H and O–H groups in total. The molecule has 1 radical (unpaired) electrons. The Morgan fingerprint density at radius 3 is 2.40 bits per heavy atom. The molecule has 2 heteroatoms. The van der Waals surface area contributed by atoms with Crippen molar-refractivity contribution in [1.29, 1.82) is 0 Å². The molecule has 10 heavy (non-hydrogen) atoms. The van der Waals surface area contributed by atoms with Gasteiger partial charge in [0.25, 0.3) is 0 Å². The molecule has 0 spiro atoms. The van der Waals surface area contributed by atoms with Gasteiger partial charge in [-0.15, -0.1) is 0 Å². The molecule has 0 heterocycles. The van der Waals surface area contributed by atoms with Crippen LogP contribution in [0.3, 0.4) is 0 Å². The second-order valence-corrected chi connectivity index (χ2v) is 3.85. The van der Waals surface area contributed by atoms with Gasteiger partial charge in [-0.3, -0.25) is 0 Å². The molecule has 0 saturated heterocycles. The molecule has 1 saturated carbocycles. The molecule has 0 aromatic rings. The third-order valence-electron chi connectivity index (χ3n) is 2.08. The van der Waals surface area contributed by atoms with Gasteiger partial charge in [-0.1, -0.05) is 31.9 Å². The maximum Gasteiger partial charge on any atom is 0.0610 e. The van der Waals surface area contributed by atoms with Gasteiger partial charge in [0.15, 0.2) is 0 Å². The van der Waals surface area contributed by atoms with E-state index < -0.39 is 0 Å². The van der Waals surface area contributed by atoms with Gasteiger partial charge in [0, 0.05) is 6.04 Å². The topological polar surface area (TPSA) is 12.0 Å². The van der Waals surface area contributed by atoms with Crippen molar-refractivity contribution in [1.82, 2.24) is 5.32 Å². The molecular weight excluding hydrogens is 142 g/mol. The van der Waals surface area contributed by atoms with Gasteiger partial charge in [-0.05, 0) is 19.8 Å². The molecule has 0 amide bonds. The van der Waals surface area contributed by atoms with Crippen molar-refractivity contribution in [3.63, 3.8) is 0 Å². The Labute approximate surface area is 69.0 Å². The number of hydrogen-bond acceptors (Lipinski definition) is 1. The molecular formula is C8H16NS. The molecule has 0 aliphatic heterocycles. The van der Waals surface area contributed by atoms with E-state index in [1.165, 1.54) is 32.1 Å². The summed E-state index contributed by atoms with van der Waals surface area (Å²) in [4.78, 5) is 0. The highest BCUT2D eigenvalue weighted by Crippen LogP contribution is 2.17. The minimum absolute atomic E-state index is 0.253. The second kappa shape index (κ2) is 4.24. The largest absolute Gasteiger partial charge is 0.302 e.